The molecule has 5 rings (SSSR count). The minimum atomic E-state index is -0.123. The third kappa shape index (κ3) is 4.36. The second-order valence-electron chi connectivity index (χ2n) is 8.30. The SMILES string of the molecule is COc1ccc(-c2nn(-c3ccccc3)c3[nH]c(=O)c(CNCc4ccc(C)cc4)cc23)cc1. The van der Waals surface area contributed by atoms with Gasteiger partial charge in [-0.3, -0.25) is 4.79 Å². The summed E-state index contributed by atoms with van der Waals surface area (Å²) in [6.07, 6.45) is 0. The molecule has 2 aromatic heterocycles. The molecule has 0 fully saturated rings. The molecule has 0 aliphatic heterocycles. The Labute approximate surface area is 197 Å². The lowest BCUT2D eigenvalue weighted by atomic mass is 10.1. The fourth-order valence-corrected chi connectivity index (χ4v) is 4.01. The monoisotopic (exact) mass is 450 g/mol. The molecule has 0 aliphatic carbocycles. The summed E-state index contributed by atoms with van der Waals surface area (Å²) in [4.78, 5) is 16.1. The van der Waals surface area contributed by atoms with E-state index in [1.807, 2.05) is 60.7 Å². The van der Waals surface area contributed by atoms with Crippen LogP contribution in [0.5, 0.6) is 5.75 Å². The molecule has 0 spiro atoms. The first-order valence-electron chi connectivity index (χ1n) is 11.2. The lowest BCUT2D eigenvalue weighted by Crippen LogP contribution is -2.21. The highest BCUT2D eigenvalue weighted by Gasteiger charge is 2.17. The molecule has 3 aromatic carbocycles. The topological polar surface area (TPSA) is 71.9 Å². The van der Waals surface area contributed by atoms with E-state index in [9.17, 15) is 4.79 Å². The van der Waals surface area contributed by atoms with Gasteiger partial charge in [-0.2, -0.15) is 5.10 Å². The van der Waals surface area contributed by atoms with E-state index >= 15 is 0 Å². The zero-order valence-corrected chi connectivity index (χ0v) is 19.2. The van der Waals surface area contributed by atoms with Crippen molar-refractivity contribution >= 4 is 11.0 Å². The fraction of sp³-hybridized carbons (Fsp3) is 0.143. The summed E-state index contributed by atoms with van der Waals surface area (Å²) in [6.45, 7) is 3.21. The van der Waals surface area contributed by atoms with Crippen LogP contribution in [0.1, 0.15) is 16.7 Å². The van der Waals surface area contributed by atoms with Gasteiger partial charge in [0.25, 0.3) is 5.56 Å². The standard InChI is InChI=1S/C28H26N4O2/c1-19-8-10-20(11-9-19)17-29-18-22-16-25-26(21-12-14-24(34-2)15-13-21)31-32(27(25)30-28(22)33)23-6-4-3-5-7-23/h3-16,29H,17-18H2,1-2H3,(H,30,33). The second-order valence-corrected chi connectivity index (χ2v) is 8.30. The van der Waals surface area contributed by atoms with Crippen LogP contribution in [0.2, 0.25) is 0 Å². The van der Waals surface area contributed by atoms with Gasteiger partial charge >= 0.3 is 0 Å². The molecule has 5 aromatic rings. The predicted molar refractivity (Wildman–Crippen MR) is 135 cm³/mol. The first kappa shape index (κ1) is 21.7. The van der Waals surface area contributed by atoms with E-state index in [-0.39, 0.29) is 5.56 Å². The molecular weight excluding hydrogens is 424 g/mol. The predicted octanol–water partition coefficient (Wildman–Crippen LogP) is 4.99. The Kier molecular flexibility index (Phi) is 5.97. The van der Waals surface area contributed by atoms with Crippen molar-refractivity contribution in [3.8, 4) is 22.7 Å². The number of hydrogen-bond acceptors (Lipinski definition) is 4. The fourth-order valence-electron chi connectivity index (χ4n) is 4.01. The summed E-state index contributed by atoms with van der Waals surface area (Å²) >= 11 is 0. The van der Waals surface area contributed by atoms with E-state index in [1.54, 1.807) is 11.8 Å². The van der Waals surface area contributed by atoms with Gasteiger partial charge in [-0.15, -0.1) is 0 Å². The van der Waals surface area contributed by atoms with E-state index in [2.05, 4.69) is 41.5 Å². The van der Waals surface area contributed by atoms with Crippen LogP contribution in [-0.2, 0) is 13.1 Å². The molecule has 170 valence electrons. The number of hydrogen-bond donors (Lipinski definition) is 2. The van der Waals surface area contributed by atoms with Gasteiger partial charge in [0.15, 0.2) is 0 Å². The van der Waals surface area contributed by atoms with Crippen LogP contribution < -0.4 is 15.6 Å². The van der Waals surface area contributed by atoms with Crippen molar-refractivity contribution in [2.24, 2.45) is 0 Å². The van der Waals surface area contributed by atoms with Crippen LogP contribution >= 0.6 is 0 Å². The lowest BCUT2D eigenvalue weighted by Gasteiger charge is -2.07. The highest BCUT2D eigenvalue weighted by molar-refractivity contribution is 5.92. The molecule has 6 nitrogen and oxygen atoms in total. The molecule has 0 saturated heterocycles. The minimum absolute atomic E-state index is 0.123. The van der Waals surface area contributed by atoms with Crippen molar-refractivity contribution in [3.05, 3.63) is 112 Å². The average Bonchev–Trinajstić information content (AvgIpc) is 3.24. The number of benzene rings is 3. The molecule has 2 heterocycles. The summed E-state index contributed by atoms with van der Waals surface area (Å²) in [5, 5.41) is 9.17. The summed E-state index contributed by atoms with van der Waals surface area (Å²) in [5.74, 6) is 0.782. The molecule has 6 heteroatoms. The van der Waals surface area contributed by atoms with Crippen LogP contribution in [0, 0.1) is 6.92 Å². The van der Waals surface area contributed by atoms with Gasteiger partial charge < -0.3 is 15.0 Å². The number of nitrogens with one attached hydrogen (secondary N) is 2. The summed E-state index contributed by atoms with van der Waals surface area (Å²) in [6, 6.07) is 27.9. The Bertz CT molecular complexity index is 1470. The van der Waals surface area contributed by atoms with Gasteiger partial charge in [-0.25, -0.2) is 4.68 Å². The van der Waals surface area contributed by atoms with Crippen LogP contribution in [-0.4, -0.2) is 21.9 Å². The van der Waals surface area contributed by atoms with Crippen LogP contribution in [0.3, 0.4) is 0 Å². The van der Waals surface area contributed by atoms with Crippen LogP contribution in [0.15, 0.2) is 89.7 Å². The van der Waals surface area contributed by atoms with Crippen LogP contribution in [0.4, 0.5) is 0 Å². The molecule has 0 unspecified atom stereocenters. The number of aryl methyl sites for hydroxylation is 1. The van der Waals surface area contributed by atoms with Gasteiger partial charge in [0.1, 0.15) is 17.1 Å². The van der Waals surface area contributed by atoms with Crippen molar-refractivity contribution in [3.63, 3.8) is 0 Å². The molecule has 0 saturated carbocycles. The number of fused-ring (bicyclic) bond motifs is 1. The molecule has 34 heavy (non-hydrogen) atoms. The Balaban J connectivity index is 1.54. The normalized spacial score (nSPS) is 11.1. The third-order valence-corrected chi connectivity index (χ3v) is 5.89. The van der Waals surface area contributed by atoms with Crippen molar-refractivity contribution < 1.29 is 4.74 Å². The lowest BCUT2D eigenvalue weighted by molar-refractivity contribution is 0.415. The number of ether oxygens (including phenoxy) is 1. The third-order valence-electron chi connectivity index (χ3n) is 5.89. The summed E-state index contributed by atoms with van der Waals surface area (Å²) in [7, 11) is 1.65. The molecule has 0 bridgehead atoms. The summed E-state index contributed by atoms with van der Waals surface area (Å²) < 4.78 is 7.10. The minimum Gasteiger partial charge on any atom is -0.497 e. The van der Waals surface area contributed by atoms with Gasteiger partial charge in [0, 0.05) is 29.6 Å². The number of nitrogens with zero attached hydrogens (tertiary/aromatic N) is 2. The van der Waals surface area contributed by atoms with Gasteiger partial charge in [0.2, 0.25) is 0 Å². The highest BCUT2D eigenvalue weighted by atomic mass is 16.5. The zero-order chi connectivity index (χ0) is 23.5. The Morgan fingerprint density at radius 1 is 0.941 bits per heavy atom. The highest BCUT2D eigenvalue weighted by Crippen LogP contribution is 2.30. The number of rotatable bonds is 7. The maximum atomic E-state index is 13.0. The van der Waals surface area contributed by atoms with Crippen molar-refractivity contribution in [1.82, 2.24) is 20.1 Å². The van der Waals surface area contributed by atoms with E-state index in [0.717, 1.165) is 28.1 Å². The first-order chi connectivity index (χ1) is 16.6. The van der Waals surface area contributed by atoms with E-state index in [0.29, 0.717) is 24.3 Å². The van der Waals surface area contributed by atoms with Crippen molar-refractivity contribution in [2.45, 2.75) is 20.0 Å². The number of para-hydroxylation sites is 1. The largest absolute Gasteiger partial charge is 0.497 e. The molecule has 0 amide bonds. The molecular formula is C28H26N4O2. The molecule has 2 N–H and O–H groups in total. The number of H-pyrrole nitrogens is 1. The Hall–Kier alpha value is -4.16. The van der Waals surface area contributed by atoms with E-state index in [4.69, 9.17) is 9.84 Å². The smallest absolute Gasteiger partial charge is 0.254 e. The second kappa shape index (κ2) is 9.37. The van der Waals surface area contributed by atoms with Crippen molar-refractivity contribution in [1.29, 1.82) is 0 Å². The maximum absolute atomic E-state index is 13.0. The Morgan fingerprint density at radius 3 is 2.38 bits per heavy atom. The number of methoxy groups -OCH3 is 1. The van der Waals surface area contributed by atoms with Crippen molar-refractivity contribution in [2.75, 3.05) is 7.11 Å². The molecule has 0 atom stereocenters. The molecule has 0 aliphatic rings. The average molecular weight is 451 g/mol. The molecule has 0 radical (unpaired) electrons. The Morgan fingerprint density at radius 2 is 1.68 bits per heavy atom. The summed E-state index contributed by atoms with van der Waals surface area (Å²) in [5.41, 5.74) is 6.26. The quantitative estimate of drug-likeness (QED) is 0.367. The van der Waals surface area contributed by atoms with E-state index in [1.165, 1.54) is 11.1 Å². The first-order valence-corrected chi connectivity index (χ1v) is 11.2. The zero-order valence-electron chi connectivity index (χ0n) is 19.2. The van der Waals surface area contributed by atoms with E-state index < -0.39 is 0 Å². The van der Waals surface area contributed by atoms with Gasteiger partial charge in [0.05, 0.1) is 12.8 Å². The maximum Gasteiger partial charge on any atom is 0.254 e. The number of aromatic amines is 1. The van der Waals surface area contributed by atoms with Gasteiger partial charge in [-0.1, -0.05) is 48.0 Å². The number of aromatic nitrogens is 3. The van der Waals surface area contributed by atoms with Crippen LogP contribution in [0.25, 0.3) is 28.0 Å². The number of pyridine rings is 1. The van der Waals surface area contributed by atoms with Gasteiger partial charge in [-0.05, 0) is 55.0 Å².